The second kappa shape index (κ2) is 7.88. The number of furan rings is 1. The minimum atomic E-state index is -1.27. The quantitative estimate of drug-likeness (QED) is 0.728. The van der Waals surface area contributed by atoms with Crippen molar-refractivity contribution in [2.45, 2.75) is 31.9 Å². The normalized spacial score (nSPS) is 14.5. The van der Waals surface area contributed by atoms with Crippen LogP contribution in [0.1, 0.15) is 37.6 Å². The molecule has 0 aliphatic rings. The molecule has 0 saturated carbocycles. The Hall–Kier alpha value is -2.47. The van der Waals surface area contributed by atoms with Crippen LogP contribution in [0.25, 0.3) is 0 Å². The van der Waals surface area contributed by atoms with Crippen molar-refractivity contribution in [3.8, 4) is 5.75 Å². The number of amides is 2. The van der Waals surface area contributed by atoms with Crippen LogP contribution in [0.3, 0.4) is 0 Å². The number of para-hydroxylation sites is 1. The van der Waals surface area contributed by atoms with E-state index in [0.29, 0.717) is 12.2 Å². The number of urea groups is 1. The van der Waals surface area contributed by atoms with Crippen molar-refractivity contribution >= 4 is 6.03 Å². The van der Waals surface area contributed by atoms with Gasteiger partial charge in [0.25, 0.3) is 0 Å². The average molecular weight is 332 g/mol. The third-order valence-corrected chi connectivity index (χ3v) is 3.87. The first kappa shape index (κ1) is 17.9. The van der Waals surface area contributed by atoms with Crippen LogP contribution in [0.4, 0.5) is 4.79 Å². The maximum atomic E-state index is 12.2. The highest BCUT2D eigenvalue weighted by Gasteiger charge is 2.27. The van der Waals surface area contributed by atoms with Crippen molar-refractivity contribution < 1.29 is 19.1 Å². The molecule has 6 nitrogen and oxygen atoms in total. The molecule has 2 aromatic rings. The molecule has 0 fully saturated rings. The van der Waals surface area contributed by atoms with Crippen LogP contribution >= 0.6 is 0 Å². The number of hydrogen-bond donors (Lipinski definition) is 3. The van der Waals surface area contributed by atoms with Crippen LogP contribution in [-0.4, -0.2) is 24.8 Å². The maximum Gasteiger partial charge on any atom is 0.315 e. The molecule has 2 amide bonds. The Labute approximate surface area is 141 Å². The zero-order valence-electron chi connectivity index (χ0n) is 14.2. The van der Waals surface area contributed by atoms with Gasteiger partial charge in [-0.15, -0.1) is 0 Å². The fourth-order valence-electron chi connectivity index (χ4n) is 2.49. The zero-order valence-corrected chi connectivity index (χ0v) is 14.2. The van der Waals surface area contributed by atoms with E-state index >= 15 is 0 Å². The van der Waals surface area contributed by atoms with Crippen LogP contribution in [0.5, 0.6) is 5.75 Å². The van der Waals surface area contributed by atoms with Gasteiger partial charge in [0.1, 0.15) is 17.1 Å². The first-order valence-electron chi connectivity index (χ1n) is 7.91. The molecule has 1 aromatic carbocycles. The Bertz CT molecular complexity index is 653. The summed E-state index contributed by atoms with van der Waals surface area (Å²) >= 11 is 0. The zero-order chi connectivity index (χ0) is 17.6. The monoisotopic (exact) mass is 332 g/mol. The minimum absolute atomic E-state index is 0.0364. The Morgan fingerprint density at radius 1 is 1.33 bits per heavy atom. The smallest absolute Gasteiger partial charge is 0.315 e. The molecule has 2 atom stereocenters. The summed E-state index contributed by atoms with van der Waals surface area (Å²) in [6, 6.07) is 10.4. The van der Waals surface area contributed by atoms with E-state index in [0.717, 1.165) is 11.3 Å². The number of ether oxygens (including phenoxy) is 1. The van der Waals surface area contributed by atoms with E-state index in [1.807, 2.05) is 31.2 Å². The molecule has 1 aromatic heterocycles. The molecule has 6 heteroatoms. The van der Waals surface area contributed by atoms with Gasteiger partial charge >= 0.3 is 6.03 Å². The summed E-state index contributed by atoms with van der Waals surface area (Å²) in [5.41, 5.74) is -0.358. The van der Waals surface area contributed by atoms with Crippen molar-refractivity contribution in [1.82, 2.24) is 10.6 Å². The second-order valence-corrected chi connectivity index (χ2v) is 5.78. The number of benzene rings is 1. The van der Waals surface area contributed by atoms with Crippen molar-refractivity contribution in [3.63, 3.8) is 0 Å². The van der Waals surface area contributed by atoms with E-state index < -0.39 is 5.60 Å². The summed E-state index contributed by atoms with van der Waals surface area (Å²) in [6.45, 7) is 3.61. The number of rotatable bonds is 7. The van der Waals surface area contributed by atoms with Gasteiger partial charge in [-0.1, -0.05) is 25.1 Å². The van der Waals surface area contributed by atoms with E-state index in [9.17, 15) is 9.90 Å². The van der Waals surface area contributed by atoms with E-state index in [1.165, 1.54) is 6.26 Å². The van der Waals surface area contributed by atoms with Crippen molar-refractivity contribution in [2.75, 3.05) is 13.7 Å². The maximum absolute atomic E-state index is 12.2. The van der Waals surface area contributed by atoms with Gasteiger partial charge in [0.15, 0.2) is 0 Å². The van der Waals surface area contributed by atoms with Gasteiger partial charge in [-0.25, -0.2) is 4.79 Å². The number of carbonyl (C=O) groups is 1. The van der Waals surface area contributed by atoms with E-state index in [2.05, 4.69) is 10.6 Å². The highest BCUT2D eigenvalue weighted by molar-refractivity contribution is 5.74. The summed E-state index contributed by atoms with van der Waals surface area (Å²) in [5.74, 6) is 1.13. The highest BCUT2D eigenvalue weighted by atomic mass is 16.5. The van der Waals surface area contributed by atoms with Crippen molar-refractivity contribution in [1.29, 1.82) is 0 Å². The molecular formula is C18H24N2O4. The van der Waals surface area contributed by atoms with E-state index in [1.54, 1.807) is 26.2 Å². The van der Waals surface area contributed by atoms with Crippen molar-refractivity contribution in [2.24, 2.45) is 0 Å². The molecule has 0 spiro atoms. The van der Waals surface area contributed by atoms with Crippen molar-refractivity contribution in [3.05, 3.63) is 54.0 Å². The van der Waals surface area contributed by atoms with Gasteiger partial charge < -0.3 is 24.9 Å². The molecule has 3 N–H and O–H groups in total. The summed E-state index contributed by atoms with van der Waals surface area (Å²) in [5, 5.41) is 15.9. The lowest BCUT2D eigenvalue weighted by molar-refractivity contribution is 0.0366. The fourth-order valence-corrected chi connectivity index (χ4v) is 2.49. The summed E-state index contributed by atoms with van der Waals surface area (Å²) in [4.78, 5) is 12.2. The lowest BCUT2D eigenvalue weighted by Crippen LogP contribution is -2.44. The van der Waals surface area contributed by atoms with Crippen LogP contribution in [0.2, 0.25) is 0 Å². The molecule has 0 saturated heterocycles. The fraction of sp³-hybridized carbons (Fsp3) is 0.389. The number of methoxy groups -OCH3 is 1. The highest BCUT2D eigenvalue weighted by Crippen LogP contribution is 2.26. The average Bonchev–Trinajstić information content (AvgIpc) is 3.13. The SMILES string of the molecule is CCC(NC(=O)NCC(C)(O)c1ccco1)c1ccccc1OC. The van der Waals surface area contributed by atoms with Gasteiger partial charge in [0.2, 0.25) is 0 Å². The van der Waals surface area contributed by atoms with Gasteiger partial charge in [-0.05, 0) is 31.5 Å². The third-order valence-electron chi connectivity index (χ3n) is 3.87. The largest absolute Gasteiger partial charge is 0.496 e. The lowest BCUT2D eigenvalue weighted by Gasteiger charge is -2.24. The van der Waals surface area contributed by atoms with Gasteiger partial charge in [-0.3, -0.25) is 0 Å². The van der Waals surface area contributed by atoms with Crippen LogP contribution in [0, 0.1) is 0 Å². The molecule has 2 unspecified atom stereocenters. The summed E-state index contributed by atoms with van der Waals surface area (Å²) in [6.07, 6.45) is 2.20. The Morgan fingerprint density at radius 2 is 2.08 bits per heavy atom. The second-order valence-electron chi connectivity index (χ2n) is 5.78. The predicted molar refractivity (Wildman–Crippen MR) is 90.8 cm³/mol. The van der Waals surface area contributed by atoms with Crippen LogP contribution < -0.4 is 15.4 Å². The number of aliphatic hydroxyl groups is 1. The molecule has 24 heavy (non-hydrogen) atoms. The molecule has 0 aliphatic heterocycles. The van der Waals surface area contributed by atoms with Gasteiger partial charge in [0, 0.05) is 5.56 Å². The topological polar surface area (TPSA) is 83.7 Å². The third kappa shape index (κ3) is 4.29. The van der Waals surface area contributed by atoms with E-state index in [-0.39, 0.29) is 18.6 Å². The standard InChI is InChI=1S/C18H24N2O4/c1-4-14(13-8-5-6-9-15(13)23-3)20-17(21)19-12-18(2,22)16-10-7-11-24-16/h5-11,14,22H,4,12H2,1-3H3,(H2,19,20,21). The number of carbonyl (C=O) groups excluding carboxylic acids is 1. The first-order chi connectivity index (χ1) is 11.5. The summed E-state index contributed by atoms with van der Waals surface area (Å²) in [7, 11) is 1.60. The molecule has 1 heterocycles. The number of nitrogens with one attached hydrogen (secondary N) is 2. The minimum Gasteiger partial charge on any atom is -0.496 e. The predicted octanol–water partition coefficient (Wildman–Crippen LogP) is 2.95. The molecule has 0 aliphatic carbocycles. The van der Waals surface area contributed by atoms with E-state index in [4.69, 9.17) is 9.15 Å². The molecule has 130 valence electrons. The number of hydrogen-bond acceptors (Lipinski definition) is 4. The van der Waals surface area contributed by atoms with Gasteiger partial charge in [-0.2, -0.15) is 0 Å². The summed E-state index contributed by atoms with van der Waals surface area (Å²) < 4.78 is 10.5. The Kier molecular flexibility index (Phi) is 5.87. The molecule has 0 radical (unpaired) electrons. The molecule has 0 bridgehead atoms. The molecule has 2 rings (SSSR count). The molecular weight excluding hydrogens is 308 g/mol. The Morgan fingerprint density at radius 3 is 2.71 bits per heavy atom. The Balaban J connectivity index is 1.97. The van der Waals surface area contributed by atoms with Crippen LogP contribution in [-0.2, 0) is 5.60 Å². The van der Waals surface area contributed by atoms with Crippen LogP contribution in [0.15, 0.2) is 47.1 Å². The first-order valence-corrected chi connectivity index (χ1v) is 7.91. The lowest BCUT2D eigenvalue weighted by atomic mass is 10.0. The van der Waals surface area contributed by atoms with Gasteiger partial charge in [0.05, 0.1) is 26.0 Å².